The Balaban J connectivity index is 1.67. The fourth-order valence-electron chi connectivity index (χ4n) is 1.29. The first-order valence-electron chi connectivity index (χ1n) is 4.75. The summed E-state index contributed by atoms with van der Waals surface area (Å²) < 4.78 is 8.40. The lowest BCUT2D eigenvalue weighted by atomic mass is 10.4. The smallest absolute Gasteiger partial charge is 0.164 e. The maximum Gasteiger partial charge on any atom is 0.164 e. The fraction of sp³-hybridized carbons (Fsp3) is 0.300. The van der Waals surface area contributed by atoms with Crippen LogP contribution in [0.2, 0.25) is 0 Å². The molecule has 4 nitrogen and oxygen atoms in total. The predicted octanol–water partition coefficient (Wildman–Crippen LogP) is 1.87. The molecule has 0 aliphatic carbocycles. The lowest BCUT2D eigenvalue weighted by molar-refractivity contribution is 0.458. The molecule has 0 bridgehead atoms. The van der Waals surface area contributed by atoms with Crippen LogP contribution in [-0.4, -0.2) is 16.1 Å². The molecule has 0 aliphatic heterocycles. The van der Waals surface area contributed by atoms with Crippen molar-refractivity contribution in [3.63, 3.8) is 0 Å². The minimum absolute atomic E-state index is 0.775. The van der Waals surface area contributed by atoms with E-state index in [4.69, 9.17) is 4.42 Å². The first-order chi connectivity index (χ1) is 7.34. The molecule has 2 rings (SSSR count). The van der Waals surface area contributed by atoms with E-state index in [-0.39, 0.29) is 0 Å². The van der Waals surface area contributed by atoms with E-state index in [2.05, 4.69) is 32.9 Å². The number of imidazole rings is 1. The number of rotatable bonds is 5. The quantitative estimate of drug-likeness (QED) is 0.676. The Bertz CT molecular complexity index is 396. The zero-order chi connectivity index (χ0) is 10.5. The van der Waals surface area contributed by atoms with Crippen molar-refractivity contribution in [1.29, 1.82) is 0 Å². The molecule has 0 amide bonds. The Morgan fingerprint density at radius 3 is 3.07 bits per heavy atom. The summed E-state index contributed by atoms with van der Waals surface area (Å²) in [6, 6.07) is 3.96. The Morgan fingerprint density at radius 2 is 2.40 bits per heavy atom. The highest BCUT2D eigenvalue weighted by Crippen LogP contribution is 2.09. The Morgan fingerprint density at radius 1 is 1.47 bits per heavy atom. The van der Waals surface area contributed by atoms with Crippen LogP contribution in [0.3, 0.4) is 0 Å². The molecule has 0 saturated heterocycles. The average Bonchev–Trinajstić information content (AvgIpc) is 2.84. The van der Waals surface area contributed by atoms with Crippen LogP contribution < -0.4 is 5.32 Å². The van der Waals surface area contributed by atoms with Gasteiger partial charge in [-0.3, -0.25) is 0 Å². The average molecular weight is 317 g/mol. The van der Waals surface area contributed by atoms with Gasteiger partial charge in [-0.05, 0) is 34.7 Å². The molecule has 2 heterocycles. The van der Waals surface area contributed by atoms with Gasteiger partial charge in [0.1, 0.15) is 5.76 Å². The lowest BCUT2D eigenvalue weighted by Crippen LogP contribution is -2.18. The second-order valence-electron chi connectivity index (χ2n) is 3.18. The molecule has 15 heavy (non-hydrogen) atoms. The third-order valence-corrected chi connectivity index (χ3v) is 2.61. The molecule has 1 N–H and O–H groups in total. The van der Waals surface area contributed by atoms with Crippen molar-refractivity contribution in [1.82, 2.24) is 14.9 Å². The minimum atomic E-state index is 0.775. The van der Waals surface area contributed by atoms with Crippen LogP contribution >= 0.6 is 22.6 Å². The van der Waals surface area contributed by atoms with Gasteiger partial charge in [0, 0.05) is 25.5 Å². The van der Waals surface area contributed by atoms with Gasteiger partial charge >= 0.3 is 0 Å². The van der Waals surface area contributed by atoms with Gasteiger partial charge in [-0.15, -0.1) is 0 Å². The monoisotopic (exact) mass is 317 g/mol. The highest BCUT2D eigenvalue weighted by Gasteiger charge is 1.98. The Kier molecular flexibility index (Phi) is 3.79. The second-order valence-corrected chi connectivity index (χ2v) is 4.25. The number of hydrogen-bond acceptors (Lipinski definition) is 3. The molecule has 0 aromatic carbocycles. The Hall–Kier alpha value is -0.820. The van der Waals surface area contributed by atoms with E-state index >= 15 is 0 Å². The summed E-state index contributed by atoms with van der Waals surface area (Å²) in [7, 11) is 0. The number of halogens is 1. The third-order valence-electron chi connectivity index (χ3n) is 2.03. The Labute approximate surface area is 102 Å². The first-order valence-corrected chi connectivity index (χ1v) is 5.83. The van der Waals surface area contributed by atoms with Crippen LogP contribution in [-0.2, 0) is 13.1 Å². The molecule has 0 radical (unpaired) electrons. The third kappa shape index (κ3) is 3.35. The van der Waals surface area contributed by atoms with Crippen molar-refractivity contribution >= 4 is 22.6 Å². The molecular weight excluding hydrogens is 305 g/mol. The zero-order valence-corrected chi connectivity index (χ0v) is 10.3. The molecule has 0 unspecified atom stereocenters. The van der Waals surface area contributed by atoms with Crippen LogP contribution in [0.25, 0.3) is 0 Å². The maximum absolute atomic E-state index is 5.43. The van der Waals surface area contributed by atoms with Crippen molar-refractivity contribution in [2.75, 3.05) is 6.54 Å². The summed E-state index contributed by atoms with van der Waals surface area (Å²) in [6.45, 7) is 2.61. The molecular formula is C10H12IN3O. The summed E-state index contributed by atoms with van der Waals surface area (Å²) in [6.07, 6.45) is 5.56. The van der Waals surface area contributed by atoms with Crippen molar-refractivity contribution in [3.8, 4) is 0 Å². The molecule has 2 aromatic rings. The molecule has 0 aliphatic rings. The van der Waals surface area contributed by atoms with E-state index in [1.807, 2.05) is 29.2 Å². The van der Waals surface area contributed by atoms with Crippen LogP contribution in [0.4, 0.5) is 0 Å². The van der Waals surface area contributed by atoms with Gasteiger partial charge in [-0.2, -0.15) is 0 Å². The van der Waals surface area contributed by atoms with Crippen LogP contribution in [0.1, 0.15) is 5.76 Å². The van der Waals surface area contributed by atoms with Gasteiger partial charge in [0.05, 0.1) is 12.9 Å². The van der Waals surface area contributed by atoms with Gasteiger partial charge in [0.15, 0.2) is 3.77 Å². The summed E-state index contributed by atoms with van der Waals surface area (Å²) in [5.41, 5.74) is 0. The SMILES string of the molecule is Ic1ccc(CNCCn2ccnc2)o1. The second kappa shape index (κ2) is 5.32. The van der Waals surface area contributed by atoms with Crippen LogP contribution in [0, 0.1) is 3.77 Å². The summed E-state index contributed by atoms with van der Waals surface area (Å²) in [5.74, 6) is 0.977. The van der Waals surface area contributed by atoms with E-state index in [9.17, 15) is 0 Å². The molecule has 80 valence electrons. The summed E-state index contributed by atoms with van der Waals surface area (Å²) in [5, 5.41) is 3.31. The first kappa shape index (κ1) is 10.7. The van der Waals surface area contributed by atoms with E-state index in [1.165, 1.54) is 0 Å². The van der Waals surface area contributed by atoms with Gasteiger partial charge in [-0.1, -0.05) is 0 Å². The lowest BCUT2D eigenvalue weighted by Gasteiger charge is -2.03. The fourth-order valence-corrected chi connectivity index (χ4v) is 1.75. The van der Waals surface area contributed by atoms with Crippen LogP contribution in [0.15, 0.2) is 35.3 Å². The summed E-state index contributed by atoms with van der Waals surface area (Å²) in [4.78, 5) is 3.98. The number of aromatic nitrogens is 2. The van der Waals surface area contributed by atoms with Crippen molar-refractivity contribution < 1.29 is 4.42 Å². The molecule has 0 atom stereocenters. The number of furan rings is 1. The molecule has 0 fully saturated rings. The minimum Gasteiger partial charge on any atom is -0.454 e. The molecule has 0 saturated carbocycles. The zero-order valence-electron chi connectivity index (χ0n) is 8.19. The van der Waals surface area contributed by atoms with Gasteiger partial charge < -0.3 is 14.3 Å². The molecule has 0 spiro atoms. The van der Waals surface area contributed by atoms with E-state index in [1.54, 1.807) is 6.20 Å². The normalized spacial score (nSPS) is 10.7. The number of nitrogens with zero attached hydrogens (tertiary/aromatic N) is 2. The molecule has 5 heteroatoms. The standard InChI is InChI=1S/C10H12IN3O/c11-10-2-1-9(15-10)7-12-3-5-14-6-4-13-8-14/h1-2,4,6,8,12H,3,5,7H2. The van der Waals surface area contributed by atoms with E-state index in [0.29, 0.717) is 0 Å². The molecule has 2 aromatic heterocycles. The largest absolute Gasteiger partial charge is 0.454 e. The highest BCUT2D eigenvalue weighted by atomic mass is 127. The number of nitrogens with one attached hydrogen (secondary N) is 1. The number of hydrogen-bond donors (Lipinski definition) is 1. The van der Waals surface area contributed by atoms with Gasteiger partial charge in [-0.25, -0.2) is 4.98 Å². The van der Waals surface area contributed by atoms with Crippen molar-refractivity contribution in [2.24, 2.45) is 0 Å². The van der Waals surface area contributed by atoms with E-state index < -0.39 is 0 Å². The van der Waals surface area contributed by atoms with Gasteiger partial charge in [0.25, 0.3) is 0 Å². The maximum atomic E-state index is 5.43. The van der Waals surface area contributed by atoms with Crippen molar-refractivity contribution in [2.45, 2.75) is 13.1 Å². The van der Waals surface area contributed by atoms with Crippen LogP contribution in [0.5, 0.6) is 0 Å². The predicted molar refractivity (Wildman–Crippen MR) is 65.4 cm³/mol. The highest BCUT2D eigenvalue weighted by molar-refractivity contribution is 14.1. The van der Waals surface area contributed by atoms with Crippen molar-refractivity contribution in [3.05, 3.63) is 40.4 Å². The topological polar surface area (TPSA) is 43.0 Å². The summed E-state index contributed by atoms with van der Waals surface area (Å²) >= 11 is 2.16. The van der Waals surface area contributed by atoms with Gasteiger partial charge in [0.2, 0.25) is 0 Å². The van der Waals surface area contributed by atoms with E-state index in [0.717, 1.165) is 29.2 Å².